The summed E-state index contributed by atoms with van der Waals surface area (Å²) in [6, 6.07) is 22.1. The Morgan fingerprint density at radius 2 is 1.53 bits per heavy atom. The average molecular weight is 402 g/mol. The Morgan fingerprint density at radius 3 is 2.07 bits per heavy atom. The highest BCUT2D eigenvalue weighted by atomic mass is 16.3. The fourth-order valence-corrected chi connectivity index (χ4v) is 4.07. The first-order chi connectivity index (χ1) is 14.7. The molecule has 1 N–H and O–H groups in total. The van der Waals surface area contributed by atoms with Crippen molar-refractivity contribution in [2.45, 2.75) is 31.2 Å². The molecule has 4 rings (SSSR count). The van der Waals surface area contributed by atoms with Crippen molar-refractivity contribution < 1.29 is 14.0 Å². The molecule has 0 aliphatic carbocycles. The van der Waals surface area contributed by atoms with E-state index >= 15 is 0 Å². The molecule has 30 heavy (non-hydrogen) atoms. The number of carbonyl (C=O) groups is 2. The number of piperidine rings is 1. The molecule has 0 saturated carbocycles. The van der Waals surface area contributed by atoms with E-state index in [4.69, 9.17) is 4.42 Å². The van der Waals surface area contributed by atoms with E-state index < -0.39 is 0 Å². The van der Waals surface area contributed by atoms with Gasteiger partial charge in [0.1, 0.15) is 6.26 Å². The van der Waals surface area contributed by atoms with E-state index in [1.54, 1.807) is 6.07 Å². The summed E-state index contributed by atoms with van der Waals surface area (Å²) in [6.45, 7) is 1.27. The van der Waals surface area contributed by atoms with E-state index in [1.807, 2.05) is 41.3 Å². The van der Waals surface area contributed by atoms with Crippen LogP contribution in [0.3, 0.4) is 0 Å². The summed E-state index contributed by atoms with van der Waals surface area (Å²) in [4.78, 5) is 27.1. The molecule has 1 aliphatic rings. The molecule has 1 saturated heterocycles. The van der Waals surface area contributed by atoms with Crippen molar-refractivity contribution in [2.24, 2.45) is 0 Å². The van der Waals surface area contributed by atoms with Crippen molar-refractivity contribution in [2.75, 3.05) is 13.1 Å². The Labute approximate surface area is 176 Å². The third kappa shape index (κ3) is 4.79. The van der Waals surface area contributed by atoms with Crippen LogP contribution in [0.2, 0.25) is 0 Å². The molecule has 1 aliphatic heterocycles. The van der Waals surface area contributed by atoms with Crippen molar-refractivity contribution in [3.63, 3.8) is 0 Å². The zero-order valence-corrected chi connectivity index (χ0v) is 16.9. The maximum Gasteiger partial charge on any atom is 0.257 e. The van der Waals surface area contributed by atoms with E-state index in [-0.39, 0.29) is 23.8 Å². The maximum absolute atomic E-state index is 12.9. The van der Waals surface area contributed by atoms with Gasteiger partial charge in [-0.1, -0.05) is 60.7 Å². The minimum atomic E-state index is -0.0123. The van der Waals surface area contributed by atoms with E-state index in [9.17, 15) is 9.59 Å². The zero-order chi connectivity index (χ0) is 20.8. The molecule has 0 bridgehead atoms. The molecule has 0 unspecified atom stereocenters. The van der Waals surface area contributed by atoms with Crippen LogP contribution in [0.25, 0.3) is 0 Å². The number of rotatable bonds is 6. The predicted molar refractivity (Wildman–Crippen MR) is 115 cm³/mol. The number of hydrogen-bond acceptors (Lipinski definition) is 3. The fourth-order valence-electron chi connectivity index (χ4n) is 4.07. The molecular weight excluding hydrogens is 376 g/mol. The summed E-state index contributed by atoms with van der Waals surface area (Å²) in [5, 5.41) is 3.19. The van der Waals surface area contributed by atoms with Gasteiger partial charge in [0.25, 0.3) is 5.91 Å². The Bertz CT molecular complexity index is 907. The molecule has 0 spiro atoms. The number of benzene rings is 2. The minimum absolute atomic E-state index is 0.0123. The normalized spacial score (nSPS) is 14.6. The number of carbonyl (C=O) groups excluding carboxylic acids is 2. The minimum Gasteiger partial charge on any atom is -0.472 e. The van der Waals surface area contributed by atoms with E-state index in [1.165, 1.54) is 12.5 Å². The largest absolute Gasteiger partial charge is 0.472 e. The molecule has 0 radical (unpaired) electrons. The first-order valence-electron chi connectivity index (χ1n) is 10.4. The fraction of sp³-hybridized carbons (Fsp3) is 0.280. The molecule has 2 aromatic carbocycles. The van der Waals surface area contributed by atoms with Gasteiger partial charge in [0.2, 0.25) is 5.91 Å². The molecule has 2 heterocycles. The summed E-state index contributed by atoms with van der Waals surface area (Å²) >= 11 is 0. The third-order valence-electron chi connectivity index (χ3n) is 5.71. The molecule has 3 aromatic rings. The molecule has 0 atom stereocenters. The topological polar surface area (TPSA) is 62.6 Å². The van der Waals surface area contributed by atoms with Gasteiger partial charge in [0.05, 0.1) is 11.8 Å². The smallest absolute Gasteiger partial charge is 0.257 e. The summed E-state index contributed by atoms with van der Waals surface area (Å²) in [6.07, 6.45) is 4.91. The number of nitrogens with one attached hydrogen (secondary N) is 1. The van der Waals surface area contributed by atoms with Gasteiger partial charge in [-0.05, 0) is 30.0 Å². The van der Waals surface area contributed by atoms with Crippen LogP contribution in [0.4, 0.5) is 0 Å². The number of furan rings is 1. The highest BCUT2D eigenvalue weighted by Crippen LogP contribution is 2.28. The number of hydrogen-bond donors (Lipinski definition) is 1. The lowest BCUT2D eigenvalue weighted by Crippen LogP contribution is -2.46. The third-order valence-corrected chi connectivity index (χ3v) is 5.71. The SMILES string of the molecule is O=C(CC(c1ccccc1)c1ccccc1)NC1CCN(C(=O)c2ccoc2)CC1. The Morgan fingerprint density at radius 1 is 0.933 bits per heavy atom. The van der Waals surface area contributed by atoms with Crippen LogP contribution < -0.4 is 5.32 Å². The molecule has 2 amide bonds. The molecular formula is C25H26N2O3. The monoisotopic (exact) mass is 402 g/mol. The lowest BCUT2D eigenvalue weighted by atomic mass is 9.88. The van der Waals surface area contributed by atoms with Gasteiger partial charge in [-0.25, -0.2) is 0 Å². The Hall–Kier alpha value is -3.34. The van der Waals surface area contributed by atoms with E-state index in [0.29, 0.717) is 25.1 Å². The average Bonchev–Trinajstić information content (AvgIpc) is 3.34. The van der Waals surface area contributed by atoms with E-state index in [2.05, 4.69) is 29.6 Å². The lowest BCUT2D eigenvalue weighted by Gasteiger charge is -2.32. The van der Waals surface area contributed by atoms with Gasteiger partial charge in [0.15, 0.2) is 0 Å². The van der Waals surface area contributed by atoms with Gasteiger partial charge in [-0.15, -0.1) is 0 Å². The summed E-state index contributed by atoms with van der Waals surface area (Å²) in [5.74, 6) is 0.0595. The van der Waals surface area contributed by atoms with Crippen LogP contribution in [0.1, 0.15) is 46.7 Å². The Balaban J connectivity index is 1.35. The maximum atomic E-state index is 12.9. The second-order valence-electron chi connectivity index (χ2n) is 7.72. The van der Waals surface area contributed by atoms with Crippen LogP contribution in [0.5, 0.6) is 0 Å². The van der Waals surface area contributed by atoms with Gasteiger partial charge < -0.3 is 14.6 Å². The van der Waals surface area contributed by atoms with Crippen LogP contribution in [0.15, 0.2) is 83.7 Å². The molecule has 1 aromatic heterocycles. The van der Waals surface area contributed by atoms with Gasteiger partial charge in [0, 0.05) is 31.5 Å². The van der Waals surface area contributed by atoms with Crippen molar-refractivity contribution in [1.82, 2.24) is 10.2 Å². The second kappa shape index (κ2) is 9.44. The van der Waals surface area contributed by atoms with Crippen molar-refractivity contribution >= 4 is 11.8 Å². The quantitative estimate of drug-likeness (QED) is 0.671. The summed E-state index contributed by atoms with van der Waals surface area (Å²) in [7, 11) is 0. The first kappa shape index (κ1) is 20.0. The van der Waals surface area contributed by atoms with Gasteiger partial charge in [-0.3, -0.25) is 9.59 Å². The second-order valence-corrected chi connectivity index (χ2v) is 7.72. The van der Waals surface area contributed by atoms with Gasteiger partial charge >= 0.3 is 0 Å². The highest BCUT2D eigenvalue weighted by molar-refractivity contribution is 5.93. The van der Waals surface area contributed by atoms with Gasteiger partial charge in [-0.2, -0.15) is 0 Å². The van der Waals surface area contributed by atoms with Crippen LogP contribution >= 0.6 is 0 Å². The van der Waals surface area contributed by atoms with Crippen molar-refractivity contribution in [3.05, 3.63) is 95.9 Å². The highest BCUT2D eigenvalue weighted by Gasteiger charge is 2.26. The number of nitrogens with zero attached hydrogens (tertiary/aromatic N) is 1. The molecule has 5 heteroatoms. The predicted octanol–water partition coefficient (Wildman–Crippen LogP) is 4.22. The molecule has 5 nitrogen and oxygen atoms in total. The van der Waals surface area contributed by atoms with Crippen LogP contribution in [-0.4, -0.2) is 35.8 Å². The van der Waals surface area contributed by atoms with Crippen LogP contribution in [-0.2, 0) is 4.79 Å². The first-order valence-corrected chi connectivity index (χ1v) is 10.4. The zero-order valence-electron chi connectivity index (χ0n) is 16.9. The number of amides is 2. The standard InChI is InChI=1S/C25H26N2O3/c28-24(17-23(19-7-3-1-4-8-19)20-9-5-2-6-10-20)26-22-11-14-27(15-12-22)25(29)21-13-16-30-18-21/h1-10,13,16,18,22-23H,11-12,14-15,17H2,(H,26,28). The summed E-state index contributed by atoms with van der Waals surface area (Å²) in [5.41, 5.74) is 2.85. The van der Waals surface area contributed by atoms with Crippen molar-refractivity contribution in [3.8, 4) is 0 Å². The Kier molecular flexibility index (Phi) is 6.28. The van der Waals surface area contributed by atoms with E-state index in [0.717, 1.165) is 24.0 Å². The summed E-state index contributed by atoms with van der Waals surface area (Å²) < 4.78 is 5.01. The van der Waals surface area contributed by atoms with Crippen molar-refractivity contribution in [1.29, 1.82) is 0 Å². The molecule has 1 fully saturated rings. The molecule has 154 valence electrons. The number of likely N-dealkylation sites (tertiary alicyclic amines) is 1. The lowest BCUT2D eigenvalue weighted by molar-refractivity contribution is -0.122. The van der Waals surface area contributed by atoms with Crippen LogP contribution in [0, 0.1) is 0 Å².